The fourth-order valence-corrected chi connectivity index (χ4v) is 3.58. The molecule has 0 aliphatic carbocycles. The van der Waals surface area contributed by atoms with E-state index in [0.717, 1.165) is 16.8 Å². The summed E-state index contributed by atoms with van der Waals surface area (Å²) in [5, 5.41) is 5.18. The molecule has 3 rings (SSSR count). The number of carbonyl (C=O) groups excluding carboxylic acids is 1. The van der Waals surface area contributed by atoms with Crippen LogP contribution in [0.1, 0.15) is 11.1 Å². The van der Waals surface area contributed by atoms with Crippen LogP contribution in [0.15, 0.2) is 53.4 Å². The lowest BCUT2D eigenvalue weighted by molar-refractivity contribution is -0.128. The number of likely N-dealkylation sites (N-methyl/N-ethyl adjacent to an activating group) is 1. The van der Waals surface area contributed by atoms with E-state index in [9.17, 15) is 13.2 Å². The summed E-state index contributed by atoms with van der Waals surface area (Å²) in [6.45, 7) is 1.52. The van der Waals surface area contributed by atoms with Crippen LogP contribution in [0.3, 0.4) is 0 Å². The molecule has 1 amide bonds. The SMILES string of the molecule is CN(Cc1ccccc1)C(=O)CN1CCc2cc(S(N)(=O)=O)ccc21. The van der Waals surface area contributed by atoms with Gasteiger partial charge in [0.25, 0.3) is 0 Å². The van der Waals surface area contributed by atoms with Gasteiger partial charge in [0.05, 0.1) is 11.4 Å². The van der Waals surface area contributed by atoms with Gasteiger partial charge in [-0.15, -0.1) is 0 Å². The number of rotatable bonds is 5. The Morgan fingerprint density at radius 2 is 1.92 bits per heavy atom. The molecular formula is C18H21N3O3S. The Morgan fingerprint density at radius 3 is 2.60 bits per heavy atom. The van der Waals surface area contributed by atoms with Gasteiger partial charge in [-0.25, -0.2) is 13.6 Å². The lowest BCUT2D eigenvalue weighted by Crippen LogP contribution is -2.37. The molecule has 7 heteroatoms. The number of primary sulfonamides is 1. The van der Waals surface area contributed by atoms with Crippen molar-refractivity contribution in [2.24, 2.45) is 5.14 Å². The number of benzene rings is 2. The Labute approximate surface area is 147 Å². The minimum atomic E-state index is -3.71. The van der Waals surface area contributed by atoms with Gasteiger partial charge in [-0.3, -0.25) is 4.79 Å². The summed E-state index contributed by atoms with van der Waals surface area (Å²) in [4.78, 5) is 16.3. The zero-order chi connectivity index (χ0) is 18.0. The maximum atomic E-state index is 12.5. The van der Waals surface area contributed by atoms with Crippen molar-refractivity contribution in [3.8, 4) is 0 Å². The van der Waals surface area contributed by atoms with Crippen LogP contribution < -0.4 is 10.0 Å². The third kappa shape index (κ3) is 4.00. The lowest BCUT2D eigenvalue weighted by Gasteiger charge is -2.23. The quantitative estimate of drug-likeness (QED) is 0.874. The molecule has 6 nitrogen and oxygen atoms in total. The molecule has 1 aliphatic heterocycles. The van der Waals surface area contributed by atoms with Gasteiger partial charge in [0.1, 0.15) is 0 Å². The maximum absolute atomic E-state index is 12.5. The Hall–Kier alpha value is -2.38. The van der Waals surface area contributed by atoms with Crippen LogP contribution in [0, 0.1) is 0 Å². The molecule has 0 saturated heterocycles. The number of nitrogens with two attached hydrogens (primary N) is 1. The van der Waals surface area contributed by atoms with Crippen LogP contribution in [0.4, 0.5) is 5.69 Å². The second-order valence-electron chi connectivity index (χ2n) is 6.24. The highest BCUT2D eigenvalue weighted by Crippen LogP contribution is 2.29. The molecule has 0 radical (unpaired) electrons. The van der Waals surface area contributed by atoms with Gasteiger partial charge in [-0.1, -0.05) is 30.3 Å². The van der Waals surface area contributed by atoms with E-state index in [4.69, 9.17) is 5.14 Å². The zero-order valence-electron chi connectivity index (χ0n) is 14.1. The van der Waals surface area contributed by atoms with E-state index in [1.54, 1.807) is 24.1 Å². The minimum absolute atomic E-state index is 0.0206. The number of fused-ring (bicyclic) bond motifs is 1. The summed E-state index contributed by atoms with van der Waals surface area (Å²) in [5.41, 5.74) is 2.89. The summed E-state index contributed by atoms with van der Waals surface area (Å²) in [6.07, 6.45) is 0.703. The highest BCUT2D eigenvalue weighted by Gasteiger charge is 2.24. The van der Waals surface area contributed by atoms with E-state index in [-0.39, 0.29) is 17.3 Å². The summed E-state index contributed by atoms with van der Waals surface area (Å²) >= 11 is 0. The van der Waals surface area contributed by atoms with Crippen molar-refractivity contribution in [2.75, 3.05) is 25.0 Å². The van der Waals surface area contributed by atoms with E-state index in [2.05, 4.69) is 0 Å². The molecule has 0 fully saturated rings. The van der Waals surface area contributed by atoms with Gasteiger partial charge in [-0.05, 0) is 35.7 Å². The molecule has 2 aromatic rings. The first-order valence-electron chi connectivity index (χ1n) is 8.03. The molecule has 25 heavy (non-hydrogen) atoms. The summed E-state index contributed by atoms with van der Waals surface area (Å²) in [6, 6.07) is 14.6. The number of hydrogen-bond donors (Lipinski definition) is 1. The molecule has 0 spiro atoms. The largest absolute Gasteiger partial charge is 0.362 e. The smallest absolute Gasteiger partial charge is 0.242 e. The second-order valence-corrected chi connectivity index (χ2v) is 7.80. The highest BCUT2D eigenvalue weighted by molar-refractivity contribution is 7.89. The first-order valence-corrected chi connectivity index (χ1v) is 9.58. The van der Waals surface area contributed by atoms with E-state index < -0.39 is 10.0 Å². The Bertz CT molecular complexity index is 882. The summed E-state index contributed by atoms with van der Waals surface area (Å²) in [5.74, 6) is 0.0206. The molecule has 0 aromatic heterocycles. The molecule has 0 atom stereocenters. The Balaban J connectivity index is 1.68. The molecule has 2 aromatic carbocycles. The molecule has 0 unspecified atom stereocenters. The van der Waals surface area contributed by atoms with E-state index in [1.165, 1.54) is 6.07 Å². The van der Waals surface area contributed by atoms with Crippen molar-refractivity contribution < 1.29 is 13.2 Å². The van der Waals surface area contributed by atoms with Gasteiger partial charge < -0.3 is 9.80 Å². The molecule has 1 aliphatic rings. The van der Waals surface area contributed by atoms with Crippen LogP contribution >= 0.6 is 0 Å². The van der Waals surface area contributed by atoms with Crippen molar-refractivity contribution in [1.82, 2.24) is 4.90 Å². The molecule has 0 bridgehead atoms. The second kappa shape index (κ2) is 6.85. The van der Waals surface area contributed by atoms with Crippen LogP contribution in [-0.2, 0) is 27.8 Å². The van der Waals surface area contributed by atoms with Crippen molar-refractivity contribution in [3.63, 3.8) is 0 Å². The topological polar surface area (TPSA) is 83.7 Å². The average molecular weight is 359 g/mol. The van der Waals surface area contributed by atoms with Gasteiger partial charge in [0.2, 0.25) is 15.9 Å². The van der Waals surface area contributed by atoms with Gasteiger partial charge in [0.15, 0.2) is 0 Å². The fourth-order valence-electron chi connectivity index (χ4n) is 3.02. The van der Waals surface area contributed by atoms with Crippen molar-refractivity contribution in [2.45, 2.75) is 17.9 Å². The lowest BCUT2D eigenvalue weighted by atomic mass is 10.2. The fraction of sp³-hybridized carbons (Fsp3) is 0.278. The Kier molecular flexibility index (Phi) is 4.78. The predicted molar refractivity (Wildman–Crippen MR) is 96.6 cm³/mol. The predicted octanol–water partition coefficient (Wildman–Crippen LogP) is 1.36. The van der Waals surface area contributed by atoms with Crippen LogP contribution in [0.2, 0.25) is 0 Å². The molecular weight excluding hydrogens is 338 g/mol. The summed E-state index contributed by atoms with van der Waals surface area (Å²) < 4.78 is 22.9. The number of nitrogens with zero attached hydrogens (tertiary/aromatic N) is 2. The van der Waals surface area contributed by atoms with Gasteiger partial charge in [-0.2, -0.15) is 0 Å². The molecule has 132 valence electrons. The normalized spacial score (nSPS) is 13.6. The third-order valence-corrected chi connectivity index (χ3v) is 5.30. The molecule has 2 N–H and O–H groups in total. The van der Waals surface area contributed by atoms with Gasteiger partial charge in [0, 0.05) is 25.8 Å². The van der Waals surface area contributed by atoms with Crippen molar-refractivity contribution >= 4 is 21.6 Å². The van der Waals surface area contributed by atoms with E-state index in [1.807, 2.05) is 35.2 Å². The number of hydrogen-bond acceptors (Lipinski definition) is 4. The van der Waals surface area contributed by atoms with E-state index in [0.29, 0.717) is 19.5 Å². The van der Waals surface area contributed by atoms with Crippen molar-refractivity contribution in [3.05, 3.63) is 59.7 Å². The molecule has 1 heterocycles. The first-order chi connectivity index (χ1) is 11.8. The number of sulfonamides is 1. The monoisotopic (exact) mass is 359 g/mol. The summed E-state index contributed by atoms with van der Waals surface area (Å²) in [7, 11) is -1.92. The number of anilines is 1. The highest BCUT2D eigenvalue weighted by atomic mass is 32.2. The van der Waals surface area contributed by atoms with Crippen LogP contribution in [0.25, 0.3) is 0 Å². The van der Waals surface area contributed by atoms with Crippen LogP contribution in [0.5, 0.6) is 0 Å². The number of amides is 1. The standard InChI is InChI=1S/C18H21N3O3S/c1-20(12-14-5-3-2-4-6-14)18(22)13-21-10-9-15-11-16(25(19,23)24)7-8-17(15)21/h2-8,11H,9-10,12-13H2,1H3,(H2,19,23,24). The first kappa shape index (κ1) is 17.4. The minimum Gasteiger partial charge on any atom is -0.362 e. The van der Waals surface area contributed by atoms with Crippen molar-refractivity contribution in [1.29, 1.82) is 0 Å². The van der Waals surface area contributed by atoms with Gasteiger partial charge >= 0.3 is 0 Å². The average Bonchev–Trinajstić information content (AvgIpc) is 2.97. The van der Waals surface area contributed by atoms with Crippen LogP contribution in [-0.4, -0.2) is 39.4 Å². The van der Waals surface area contributed by atoms with E-state index >= 15 is 0 Å². The number of carbonyl (C=O) groups is 1. The Morgan fingerprint density at radius 1 is 1.20 bits per heavy atom. The maximum Gasteiger partial charge on any atom is 0.242 e. The zero-order valence-corrected chi connectivity index (χ0v) is 14.9. The molecule has 0 saturated carbocycles. The third-order valence-electron chi connectivity index (χ3n) is 4.39.